The van der Waals surface area contributed by atoms with Crippen molar-refractivity contribution in [1.82, 2.24) is 10.2 Å². The molecule has 0 aromatic heterocycles. The van der Waals surface area contributed by atoms with Crippen LogP contribution in [0.25, 0.3) is 0 Å². The molecule has 0 fully saturated rings. The molecular weight excluding hydrogens is 330 g/mol. The fourth-order valence-corrected chi connectivity index (χ4v) is 2.72. The number of carbonyl (C=O) groups excluding carboxylic acids is 2. The summed E-state index contributed by atoms with van der Waals surface area (Å²) in [4.78, 5) is 36.9. The van der Waals surface area contributed by atoms with Gasteiger partial charge in [0.15, 0.2) is 0 Å². The molecule has 1 aromatic rings. The van der Waals surface area contributed by atoms with Gasteiger partial charge in [-0.05, 0) is 38.3 Å². The van der Waals surface area contributed by atoms with Crippen LogP contribution in [0.3, 0.4) is 0 Å². The maximum Gasteiger partial charge on any atom is 0.270 e. The highest BCUT2D eigenvalue weighted by atomic mass is 32.2. The molecular formula is C16H23N3O4S. The number of amides is 2. The molecule has 0 heterocycles. The first-order chi connectivity index (χ1) is 11.4. The number of hydrogen-bond donors (Lipinski definition) is 1. The zero-order valence-corrected chi connectivity index (χ0v) is 15.0. The van der Waals surface area contributed by atoms with Gasteiger partial charge in [0, 0.05) is 30.8 Å². The lowest BCUT2D eigenvalue weighted by atomic mass is 10.1. The Labute approximate surface area is 145 Å². The molecule has 1 atom stereocenters. The number of nitro groups is 1. The van der Waals surface area contributed by atoms with E-state index in [-0.39, 0.29) is 17.2 Å². The van der Waals surface area contributed by atoms with E-state index in [9.17, 15) is 19.7 Å². The Balaban J connectivity index is 2.92. The molecule has 1 N–H and O–H groups in total. The highest BCUT2D eigenvalue weighted by molar-refractivity contribution is 7.98. The second-order valence-corrected chi connectivity index (χ2v) is 6.11. The number of benzene rings is 1. The number of nitrogens with one attached hydrogen (secondary N) is 1. The fourth-order valence-electron chi connectivity index (χ4n) is 2.25. The Morgan fingerprint density at radius 3 is 2.54 bits per heavy atom. The summed E-state index contributed by atoms with van der Waals surface area (Å²) in [6.07, 6.45) is 2.44. The molecule has 1 aromatic carbocycles. The fraction of sp³-hybridized carbons (Fsp3) is 0.500. The van der Waals surface area contributed by atoms with Gasteiger partial charge in [0.05, 0.1) is 4.92 Å². The molecule has 0 saturated heterocycles. The van der Waals surface area contributed by atoms with E-state index in [1.807, 2.05) is 20.1 Å². The van der Waals surface area contributed by atoms with Gasteiger partial charge in [0.1, 0.15) is 6.04 Å². The molecule has 1 unspecified atom stereocenters. The molecule has 24 heavy (non-hydrogen) atoms. The van der Waals surface area contributed by atoms with E-state index < -0.39 is 16.9 Å². The minimum absolute atomic E-state index is 0.132. The van der Waals surface area contributed by atoms with Gasteiger partial charge in [0.25, 0.3) is 11.6 Å². The first-order valence-electron chi connectivity index (χ1n) is 7.77. The summed E-state index contributed by atoms with van der Waals surface area (Å²) in [7, 11) is 0. The van der Waals surface area contributed by atoms with Crippen LogP contribution < -0.4 is 5.32 Å². The zero-order valence-electron chi connectivity index (χ0n) is 14.2. The smallest absolute Gasteiger partial charge is 0.270 e. The standard InChI is InChI=1S/C16H23N3O4S/c1-4-18(5-2)16(21)14(9-10-24-3)17-15(20)12-7-6-8-13(11-12)19(22)23/h6-8,11,14H,4-5,9-10H2,1-3H3,(H,17,20). The van der Waals surface area contributed by atoms with Crippen molar-refractivity contribution in [2.75, 3.05) is 25.1 Å². The monoisotopic (exact) mass is 353 g/mol. The van der Waals surface area contributed by atoms with E-state index in [0.29, 0.717) is 19.5 Å². The van der Waals surface area contributed by atoms with Gasteiger partial charge in [-0.2, -0.15) is 11.8 Å². The van der Waals surface area contributed by atoms with Gasteiger partial charge < -0.3 is 10.2 Å². The molecule has 0 radical (unpaired) electrons. The zero-order chi connectivity index (χ0) is 18.1. The van der Waals surface area contributed by atoms with Crippen LogP contribution in [0.5, 0.6) is 0 Å². The summed E-state index contributed by atoms with van der Waals surface area (Å²) in [6, 6.07) is 4.85. The minimum Gasteiger partial charge on any atom is -0.341 e. The van der Waals surface area contributed by atoms with Crippen LogP contribution in [0, 0.1) is 10.1 Å². The van der Waals surface area contributed by atoms with E-state index >= 15 is 0 Å². The molecule has 0 spiro atoms. The van der Waals surface area contributed by atoms with Crippen LogP contribution in [-0.4, -0.2) is 52.8 Å². The summed E-state index contributed by atoms with van der Waals surface area (Å²) in [6.45, 7) is 4.90. The molecule has 1 rings (SSSR count). The lowest BCUT2D eigenvalue weighted by Gasteiger charge is -2.25. The number of likely N-dealkylation sites (N-methyl/N-ethyl adjacent to an activating group) is 1. The summed E-state index contributed by atoms with van der Waals surface area (Å²) in [5.41, 5.74) is 0.0177. The normalized spacial score (nSPS) is 11.6. The minimum atomic E-state index is -0.635. The van der Waals surface area contributed by atoms with E-state index in [1.165, 1.54) is 24.3 Å². The van der Waals surface area contributed by atoms with Crippen molar-refractivity contribution in [3.8, 4) is 0 Å². The molecule has 0 aliphatic rings. The SMILES string of the molecule is CCN(CC)C(=O)C(CCSC)NC(=O)c1cccc([N+](=O)[O-])c1. The lowest BCUT2D eigenvalue weighted by Crippen LogP contribution is -2.48. The van der Waals surface area contributed by atoms with Gasteiger partial charge in [0.2, 0.25) is 5.91 Å². The lowest BCUT2D eigenvalue weighted by molar-refractivity contribution is -0.384. The molecule has 7 nitrogen and oxygen atoms in total. The Bertz CT molecular complexity index is 590. The van der Waals surface area contributed by atoms with Crippen molar-refractivity contribution in [3.05, 3.63) is 39.9 Å². The van der Waals surface area contributed by atoms with Gasteiger partial charge >= 0.3 is 0 Å². The second kappa shape index (κ2) is 9.92. The summed E-state index contributed by atoms with van der Waals surface area (Å²) in [5, 5.41) is 13.5. The van der Waals surface area contributed by atoms with Crippen LogP contribution in [0.4, 0.5) is 5.69 Å². The number of carbonyl (C=O) groups is 2. The summed E-state index contributed by atoms with van der Waals surface area (Å²) in [5.74, 6) is 0.116. The van der Waals surface area contributed by atoms with Crippen LogP contribution >= 0.6 is 11.8 Å². The average Bonchev–Trinajstić information content (AvgIpc) is 2.59. The third kappa shape index (κ3) is 5.52. The van der Waals surface area contributed by atoms with Crippen molar-refractivity contribution >= 4 is 29.3 Å². The first-order valence-corrected chi connectivity index (χ1v) is 9.17. The maximum atomic E-state index is 12.5. The number of hydrogen-bond acceptors (Lipinski definition) is 5. The van der Waals surface area contributed by atoms with Gasteiger partial charge in [-0.25, -0.2) is 0 Å². The molecule has 0 bridgehead atoms. The number of rotatable bonds is 9. The molecule has 0 saturated carbocycles. The number of nitrogens with zero attached hydrogens (tertiary/aromatic N) is 2. The number of thioether (sulfide) groups is 1. The first kappa shape index (κ1) is 20.0. The van der Waals surface area contributed by atoms with E-state index in [1.54, 1.807) is 16.7 Å². The van der Waals surface area contributed by atoms with Crippen LogP contribution in [0.2, 0.25) is 0 Å². The van der Waals surface area contributed by atoms with Crippen molar-refractivity contribution in [2.45, 2.75) is 26.3 Å². The maximum absolute atomic E-state index is 12.5. The van der Waals surface area contributed by atoms with Gasteiger partial charge in [-0.3, -0.25) is 19.7 Å². The molecule has 2 amide bonds. The quantitative estimate of drug-likeness (QED) is 0.543. The molecule has 0 aliphatic carbocycles. The molecule has 8 heteroatoms. The van der Waals surface area contributed by atoms with Crippen molar-refractivity contribution in [3.63, 3.8) is 0 Å². The van der Waals surface area contributed by atoms with Gasteiger partial charge in [-0.1, -0.05) is 6.07 Å². The largest absolute Gasteiger partial charge is 0.341 e. The predicted octanol–water partition coefficient (Wildman–Crippen LogP) is 2.31. The Kier molecular flexibility index (Phi) is 8.25. The van der Waals surface area contributed by atoms with Crippen LogP contribution in [0.1, 0.15) is 30.6 Å². The van der Waals surface area contributed by atoms with E-state index in [2.05, 4.69) is 5.32 Å². The number of nitro benzene ring substituents is 1. The summed E-state index contributed by atoms with van der Waals surface area (Å²) < 4.78 is 0. The Morgan fingerprint density at radius 1 is 1.33 bits per heavy atom. The Hall–Kier alpha value is -2.09. The number of non-ortho nitro benzene ring substituents is 1. The molecule has 132 valence electrons. The van der Waals surface area contributed by atoms with Crippen molar-refractivity contribution in [2.24, 2.45) is 0 Å². The van der Waals surface area contributed by atoms with Crippen LogP contribution in [0.15, 0.2) is 24.3 Å². The summed E-state index contributed by atoms with van der Waals surface area (Å²) >= 11 is 1.59. The average molecular weight is 353 g/mol. The van der Waals surface area contributed by atoms with Crippen molar-refractivity contribution < 1.29 is 14.5 Å². The highest BCUT2D eigenvalue weighted by Gasteiger charge is 2.25. The topological polar surface area (TPSA) is 92.6 Å². The molecule has 0 aliphatic heterocycles. The van der Waals surface area contributed by atoms with Crippen molar-refractivity contribution in [1.29, 1.82) is 0 Å². The third-order valence-electron chi connectivity index (χ3n) is 3.61. The van der Waals surface area contributed by atoms with E-state index in [0.717, 1.165) is 5.75 Å². The highest BCUT2D eigenvalue weighted by Crippen LogP contribution is 2.14. The third-order valence-corrected chi connectivity index (χ3v) is 4.25. The second-order valence-electron chi connectivity index (χ2n) is 5.13. The van der Waals surface area contributed by atoms with Crippen LogP contribution in [-0.2, 0) is 4.79 Å². The predicted molar refractivity (Wildman–Crippen MR) is 95.3 cm³/mol. The Morgan fingerprint density at radius 2 is 2.00 bits per heavy atom. The van der Waals surface area contributed by atoms with E-state index in [4.69, 9.17) is 0 Å². The van der Waals surface area contributed by atoms with Gasteiger partial charge in [-0.15, -0.1) is 0 Å².